The Hall–Kier alpha value is -0.0800. The van der Waals surface area contributed by atoms with Crippen molar-refractivity contribution in [3.63, 3.8) is 0 Å². The number of hydrogen-bond acceptors (Lipinski definition) is 2. The molecule has 1 N–H and O–H groups in total. The molecule has 2 aliphatic carbocycles. The molecule has 3 unspecified atom stereocenters. The van der Waals surface area contributed by atoms with Gasteiger partial charge < -0.3 is 10.2 Å². The first-order chi connectivity index (χ1) is 7.79. The van der Waals surface area contributed by atoms with Crippen molar-refractivity contribution >= 4 is 0 Å². The molecular weight excluding hydrogens is 196 g/mol. The van der Waals surface area contributed by atoms with E-state index < -0.39 is 0 Å². The van der Waals surface area contributed by atoms with Crippen LogP contribution in [0.4, 0.5) is 0 Å². The summed E-state index contributed by atoms with van der Waals surface area (Å²) >= 11 is 0. The highest BCUT2D eigenvalue weighted by Crippen LogP contribution is 2.49. The third kappa shape index (κ3) is 3.21. The molecule has 2 saturated carbocycles. The Kier molecular flexibility index (Phi) is 4.66. The third-order valence-corrected chi connectivity index (χ3v) is 4.79. The van der Waals surface area contributed by atoms with Crippen molar-refractivity contribution in [2.24, 2.45) is 17.8 Å². The van der Waals surface area contributed by atoms with Crippen LogP contribution in [0.5, 0.6) is 0 Å². The van der Waals surface area contributed by atoms with Crippen molar-refractivity contribution in [3.8, 4) is 0 Å². The molecular formula is C14H28N2. The molecule has 2 heteroatoms. The average molecular weight is 224 g/mol. The Labute approximate surface area is 101 Å². The molecule has 0 aromatic carbocycles. The van der Waals surface area contributed by atoms with E-state index in [1.807, 2.05) is 0 Å². The Balaban J connectivity index is 1.49. The highest BCUT2D eigenvalue weighted by atomic mass is 15.1. The quantitative estimate of drug-likeness (QED) is 0.668. The van der Waals surface area contributed by atoms with Crippen molar-refractivity contribution in [2.45, 2.75) is 39.0 Å². The molecule has 0 radical (unpaired) electrons. The van der Waals surface area contributed by atoms with E-state index in [2.05, 4.69) is 24.2 Å². The van der Waals surface area contributed by atoms with Crippen LogP contribution in [0.2, 0.25) is 0 Å². The van der Waals surface area contributed by atoms with E-state index in [1.54, 1.807) is 12.8 Å². The van der Waals surface area contributed by atoms with Gasteiger partial charge in [-0.2, -0.15) is 0 Å². The van der Waals surface area contributed by atoms with Crippen molar-refractivity contribution in [1.82, 2.24) is 10.2 Å². The van der Waals surface area contributed by atoms with Crippen LogP contribution < -0.4 is 5.32 Å². The summed E-state index contributed by atoms with van der Waals surface area (Å²) in [5, 5.41) is 3.60. The number of nitrogens with one attached hydrogen (secondary N) is 1. The number of rotatable bonds is 7. The van der Waals surface area contributed by atoms with E-state index in [1.165, 1.54) is 32.4 Å². The van der Waals surface area contributed by atoms with Crippen LogP contribution in [0.25, 0.3) is 0 Å². The van der Waals surface area contributed by atoms with Gasteiger partial charge in [-0.3, -0.25) is 0 Å². The number of hydrogen-bond donors (Lipinski definition) is 1. The fourth-order valence-electron chi connectivity index (χ4n) is 3.57. The van der Waals surface area contributed by atoms with E-state index in [0.717, 1.165) is 30.8 Å². The second-order valence-corrected chi connectivity index (χ2v) is 5.87. The smallest absolute Gasteiger partial charge is 0.0104 e. The van der Waals surface area contributed by atoms with Crippen LogP contribution in [0.1, 0.15) is 39.0 Å². The topological polar surface area (TPSA) is 15.3 Å². The highest BCUT2D eigenvalue weighted by molar-refractivity contribution is 4.89. The van der Waals surface area contributed by atoms with Crippen LogP contribution in [0.3, 0.4) is 0 Å². The van der Waals surface area contributed by atoms with E-state index >= 15 is 0 Å². The monoisotopic (exact) mass is 224 g/mol. The molecule has 16 heavy (non-hydrogen) atoms. The van der Waals surface area contributed by atoms with Gasteiger partial charge in [0.05, 0.1) is 0 Å². The van der Waals surface area contributed by atoms with Crippen LogP contribution in [-0.4, -0.2) is 38.1 Å². The van der Waals surface area contributed by atoms with Gasteiger partial charge in [0.15, 0.2) is 0 Å². The molecule has 2 fully saturated rings. The van der Waals surface area contributed by atoms with Gasteiger partial charge in [0.1, 0.15) is 0 Å². The maximum Gasteiger partial charge on any atom is 0.0104 e. The van der Waals surface area contributed by atoms with Gasteiger partial charge in [-0.25, -0.2) is 0 Å². The summed E-state index contributed by atoms with van der Waals surface area (Å²) < 4.78 is 0. The lowest BCUT2D eigenvalue weighted by molar-refractivity contribution is 0.303. The molecule has 0 amide bonds. The Morgan fingerprint density at radius 2 is 2.06 bits per heavy atom. The predicted molar refractivity (Wildman–Crippen MR) is 69.6 cm³/mol. The van der Waals surface area contributed by atoms with Crippen molar-refractivity contribution < 1.29 is 0 Å². The second-order valence-electron chi connectivity index (χ2n) is 5.87. The largest absolute Gasteiger partial charge is 0.315 e. The third-order valence-electron chi connectivity index (χ3n) is 4.79. The van der Waals surface area contributed by atoms with E-state index in [4.69, 9.17) is 0 Å². The van der Waals surface area contributed by atoms with Gasteiger partial charge >= 0.3 is 0 Å². The average Bonchev–Trinajstić information content (AvgIpc) is 2.90. The SMILES string of the molecule is CCN(C)CCNCCC1CC2CCC1C2. The first-order valence-corrected chi connectivity index (χ1v) is 7.18. The molecule has 2 aliphatic rings. The fourth-order valence-corrected chi connectivity index (χ4v) is 3.57. The van der Waals surface area contributed by atoms with Crippen LogP contribution >= 0.6 is 0 Å². The summed E-state index contributed by atoms with van der Waals surface area (Å²) in [7, 11) is 2.19. The lowest BCUT2D eigenvalue weighted by atomic mass is 9.86. The zero-order chi connectivity index (χ0) is 11.4. The van der Waals surface area contributed by atoms with Crippen LogP contribution in [0, 0.1) is 17.8 Å². The minimum atomic E-state index is 1.06. The first-order valence-electron chi connectivity index (χ1n) is 7.18. The molecule has 3 atom stereocenters. The van der Waals surface area contributed by atoms with Gasteiger partial charge in [-0.1, -0.05) is 13.3 Å². The maximum atomic E-state index is 3.60. The lowest BCUT2D eigenvalue weighted by Crippen LogP contribution is -2.30. The zero-order valence-electron chi connectivity index (χ0n) is 11.0. The van der Waals surface area contributed by atoms with Crippen molar-refractivity contribution in [1.29, 1.82) is 0 Å². The molecule has 0 aliphatic heterocycles. The minimum Gasteiger partial charge on any atom is -0.315 e. The second kappa shape index (κ2) is 6.02. The molecule has 2 rings (SSSR count). The summed E-state index contributed by atoms with van der Waals surface area (Å²) in [5.74, 6) is 3.28. The van der Waals surface area contributed by atoms with Crippen molar-refractivity contribution in [3.05, 3.63) is 0 Å². The first kappa shape index (κ1) is 12.4. The van der Waals surface area contributed by atoms with E-state index in [9.17, 15) is 0 Å². The molecule has 0 aromatic heterocycles. The summed E-state index contributed by atoms with van der Waals surface area (Å²) in [6.45, 7) is 6.97. The van der Waals surface area contributed by atoms with Crippen molar-refractivity contribution in [2.75, 3.05) is 33.2 Å². The number of nitrogens with zero attached hydrogens (tertiary/aromatic N) is 1. The molecule has 0 saturated heterocycles. The standard InChI is InChI=1S/C14H28N2/c1-3-16(2)9-8-15-7-6-14-11-12-4-5-13(14)10-12/h12-15H,3-11H2,1-2H3. The lowest BCUT2D eigenvalue weighted by Gasteiger charge is -2.22. The Bertz CT molecular complexity index is 205. The summed E-state index contributed by atoms with van der Waals surface area (Å²) in [5.41, 5.74) is 0. The zero-order valence-corrected chi connectivity index (χ0v) is 11.0. The maximum absolute atomic E-state index is 3.60. The van der Waals surface area contributed by atoms with Gasteiger partial charge in [0, 0.05) is 13.1 Å². The number of likely N-dealkylation sites (N-methyl/N-ethyl adjacent to an activating group) is 1. The summed E-state index contributed by atoms with van der Waals surface area (Å²) in [6.07, 6.45) is 7.60. The molecule has 0 heterocycles. The van der Waals surface area contributed by atoms with Gasteiger partial charge in [0.2, 0.25) is 0 Å². The van der Waals surface area contributed by atoms with E-state index in [-0.39, 0.29) is 0 Å². The van der Waals surface area contributed by atoms with Gasteiger partial charge in [-0.05, 0) is 63.6 Å². The van der Waals surface area contributed by atoms with Gasteiger partial charge in [-0.15, -0.1) is 0 Å². The van der Waals surface area contributed by atoms with Crippen LogP contribution in [0.15, 0.2) is 0 Å². The highest BCUT2D eigenvalue weighted by Gasteiger charge is 2.38. The van der Waals surface area contributed by atoms with Crippen LogP contribution in [-0.2, 0) is 0 Å². The fraction of sp³-hybridized carbons (Fsp3) is 1.00. The van der Waals surface area contributed by atoms with Gasteiger partial charge in [0.25, 0.3) is 0 Å². The molecule has 0 aromatic rings. The molecule has 94 valence electrons. The van der Waals surface area contributed by atoms with E-state index in [0.29, 0.717) is 0 Å². The molecule has 2 nitrogen and oxygen atoms in total. The Morgan fingerprint density at radius 1 is 1.19 bits per heavy atom. The number of fused-ring (bicyclic) bond motifs is 2. The normalized spacial score (nSPS) is 32.8. The molecule has 0 spiro atoms. The molecule has 2 bridgehead atoms. The predicted octanol–water partition coefficient (Wildman–Crippen LogP) is 2.35. The Morgan fingerprint density at radius 3 is 2.69 bits per heavy atom. The minimum absolute atomic E-state index is 1.06. The summed E-state index contributed by atoms with van der Waals surface area (Å²) in [4.78, 5) is 2.37. The summed E-state index contributed by atoms with van der Waals surface area (Å²) in [6, 6.07) is 0.